The highest BCUT2D eigenvalue weighted by Crippen LogP contribution is 2.33. The van der Waals surface area contributed by atoms with Gasteiger partial charge in [0, 0.05) is 52.1 Å². The quantitative estimate of drug-likeness (QED) is 0.154. The number of hydrogen-bond acceptors (Lipinski definition) is 9. The van der Waals surface area contributed by atoms with Gasteiger partial charge in [-0.05, 0) is 55.1 Å². The molecule has 4 rings (SSSR count). The van der Waals surface area contributed by atoms with Gasteiger partial charge in [-0.2, -0.15) is 5.10 Å². The lowest BCUT2D eigenvalue weighted by Crippen LogP contribution is -2.24. The molecule has 1 N–H and O–H groups in total. The Morgan fingerprint density at radius 1 is 1.18 bits per heavy atom. The van der Waals surface area contributed by atoms with E-state index in [1.807, 2.05) is 23.6 Å². The van der Waals surface area contributed by atoms with Crippen LogP contribution in [0.4, 0.5) is 5.69 Å². The Labute approximate surface area is 231 Å². The van der Waals surface area contributed by atoms with Crippen molar-refractivity contribution in [2.24, 2.45) is 5.10 Å². The number of hydrazone groups is 1. The number of halogens is 2. The molecule has 194 valence electrons. The monoisotopic (exact) mass is 571 g/mol. The third-order valence-corrected chi connectivity index (χ3v) is 6.63. The maximum atomic E-state index is 12.2. The van der Waals surface area contributed by atoms with Gasteiger partial charge in [-0.25, -0.2) is 5.43 Å². The van der Waals surface area contributed by atoms with Gasteiger partial charge in [0.1, 0.15) is 5.75 Å². The molecule has 0 fully saturated rings. The summed E-state index contributed by atoms with van der Waals surface area (Å²) in [6, 6.07) is 12.6. The molecule has 14 heteroatoms. The molecule has 0 aliphatic rings. The topological polar surface area (TPSA) is 137 Å². The van der Waals surface area contributed by atoms with Gasteiger partial charge in [-0.3, -0.25) is 19.9 Å². The number of nitrogens with zero attached hydrogens (tertiary/aromatic N) is 6. The average molecular weight is 572 g/mol. The molecule has 2 aromatic carbocycles. The Hall–Kier alpha value is -4.00. The van der Waals surface area contributed by atoms with E-state index in [1.165, 1.54) is 36.2 Å². The van der Waals surface area contributed by atoms with Gasteiger partial charge >= 0.3 is 0 Å². The van der Waals surface area contributed by atoms with E-state index in [2.05, 4.69) is 25.7 Å². The van der Waals surface area contributed by atoms with Gasteiger partial charge in [0.15, 0.2) is 17.6 Å². The maximum absolute atomic E-state index is 12.2. The number of rotatable bonds is 10. The van der Waals surface area contributed by atoms with Crippen molar-refractivity contribution in [3.63, 3.8) is 0 Å². The normalized spacial score (nSPS) is 11.0. The summed E-state index contributed by atoms with van der Waals surface area (Å²) in [6.07, 6.45) is 4.66. The van der Waals surface area contributed by atoms with Gasteiger partial charge in [0.2, 0.25) is 0 Å². The summed E-state index contributed by atoms with van der Waals surface area (Å²) in [5.41, 5.74) is 3.47. The first kappa shape index (κ1) is 27.0. The molecule has 1 amide bonds. The smallest absolute Gasteiger partial charge is 0.277 e. The lowest BCUT2D eigenvalue weighted by atomic mass is 10.2. The van der Waals surface area contributed by atoms with Crippen LogP contribution in [0.25, 0.3) is 11.4 Å². The molecule has 0 radical (unpaired) electrons. The van der Waals surface area contributed by atoms with E-state index in [1.54, 1.807) is 30.6 Å². The Balaban J connectivity index is 1.50. The first-order chi connectivity index (χ1) is 18.4. The molecule has 0 bridgehead atoms. The fourth-order valence-electron chi connectivity index (χ4n) is 3.25. The number of nitro benzene ring substituents is 1. The Morgan fingerprint density at radius 3 is 2.68 bits per heavy atom. The fraction of sp³-hybridized carbons (Fsp3) is 0.125. The molecule has 4 aromatic rings. The number of nitrogens with one attached hydrogen (secondary N) is 1. The molecule has 0 aliphatic heterocycles. The van der Waals surface area contributed by atoms with Crippen molar-refractivity contribution < 1.29 is 14.5 Å². The molecular formula is C24H19Cl2N7O4S. The summed E-state index contributed by atoms with van der Waals surface area (Å²) in [6.45, 7) is 2.20. The summed E-state index contributed by atoms with van der Waals surface area (Å²) in [5, 5.41) is 25.2. The van der Waals surface area contributed by atoms with Crippen molar-refractivity contribution in [1.82, 2.24) is 25.2 Å². The summed E-state index contributed by atoms with van der Waals surface area (Å²) in [7, 11) is 0. The van der Waals surface area contributed by atoms with Crippen LogP contribution in [0.1, 0.15) is 12.5 Å². The number of non-ortho nitro benzene ring substituents is 1. The molecule has 2 aromatic heterocycles. The minimum atomic E-state index is -0.556. The highest BCUT2D eigenvalue weighted by Gasteiger charge is 2.17. The van der Waals surface area contributed by atoms with Crippen LogP contribution < -0.4 is 10.2 Å². The molecule has 0 aliphatic carbocycles. The Kier molecular flexibility index (Phi) is 8.89. The summed E-state index contributed by atoms with van der Waals surface area (Å²) in [4.78, 5) is 27.7. The first-order valence-corrected chi connectivity index (χ1v) is 12.6. The van der Waals surface area contributed by atoms with E-state index in [0.717, 1.165) is 5.56 Å². The summed E-state index contributed by atoms with van der Waals surface area (Å²) < 4.78 is 7.30. The Morgan fingerprint density at radius 2 is 1.97 bits per heavy atom. The van der Waals surface area contributed by atoms with Gasteiger partial charge in [-0.15, -0.1) is 10.2 Å². The van der Waals surface area contributed by atoms with Crippen LogP contribution in [0.5, 0.6) is 5.75 Å². The zero-order valence-corrected chi connectivity index (χ0v) is 22.1. The molecule has 0 spiro atoms. The fourth-order valence-corrected chi connectivity index (χ4v) is 4.68. The number of carbonyl (C=O) groups is 1. The van der Waals surface area contributed by atoms with Gasteiger partial charge in [-0.1, -0.05) is 23.2 Å². The van der Waals surface area contributed by atoms with Crippen molar-refractivity contribution >= 4 is 52.8 Å². The highest BCUT2D eigenvalue weighted by atomic mass is 35.5. The molecule has 0 atom stereocenters. The third kappa shape index (κ3) is 6.65. The number of pyridine rings is 1. The number of hydrogen-bond donors (Lipinski definition) is 1. The summed E-state index contributed by atoms with van der Waals surface area (Å²) >= 11 is 13.2. The van der Waals surface area contributed by atoms with Crippen LogP contribution in [-0.2, 0) is 11.3 Å². The van der Waals surface area contributed by atoms with Crippen LogP contribution in [-0.4, -0.2) is 43.4 Å². The molecule has 0 unspecified atom stereocenters. The largest absolute Gasteiger partial charge is 0.482 e. The maximum Gasteiger partial charge on any atom is 0.277 e. The number of aromatic nitrogens is 4. The van der Waals surface area contributed by atoms with E-state index >= 15 is 0 Å². The van der Waals surface area contributed by atoms with Crippen molar-refractivity contribution in [2.45, 2.75) is 23.5 Å². The van der Waals surface area contributed by atoms with Crippen molar-refractivity contribution in [3.05, 3.63) is 86.6 Å². The minimum Gasteiger partial charge on any atom is -0.482 e. The second kappa shape index (κ2) is 12.5. The van der Waals surface area contributed by atoms with E-state index < -0.39 is 10.8 Å². The molecule has 0 saturated carbocycles. The zero-order chi connectivity index (χ0) is 27.1. The minimum absolute atomic E-state index is 0.128. The van der Waals surface area contributed by atoms with E-state index in [4.69, 9.17) is 27.9 Å². The standard InChI is InChI=1S/C24H19Cl2N7O4S/c1-2-32-23(15-7-9-27-10-8-15)30-31-24(32)38-21-6-4-18(33(35)36)11-16(21)13-28-29-22(34)14-37-20-5-3-17(25)12-19(20)26/h3-13H,2,14H2,1H3,(H,29,34)/b28-13-. The van der Waals surface area contributed by atoms with Crippen LogP contribution >= 0.6 is 35.0 Å². The third-order valence-electron chi connectivity index (χ3n) is 5.02. The van der Waals surface area contributed by atoms with E-state index in [-0.39, 0.29) is 17.3 Å². The number of ether oxygens (including phenoxy) is 1. The Bertz CT molecular complexity index is 1500. The predicted octanol–water partition coefficient (Wildman–Crippen LogP) is 5.26. The van der Waals surface area contributed by atoms with Crippen LogP contribution in [0.2, 0.25) is 10.0 Å². The zero-order valence-electron chi connectivity index (χ0n) is 19.7. The molecular weight excluding hydrogens is 553 g/mol. The molecule has 2 heterocycles. The lowest BCUT2D eigenvalue weighted by molar-refractivity contribution is -0.384. The van der Waals surface area contributed by atoms with Gasteiger partial charge in [0.05, 0.1) is 16.2 Å². The number of amides is 1. The second-order valence-electron chi connectivity index (χ2n) is 7.52. The van der Waals surface area contributed by atoms with Crippen LogP contribution in [0.3, 0.4) is 0 Å². The molecule has 38 heavy (non-hydrogen) atoms. The number of nitro groups is 1. The second-order valence-corrected chi connectivity index (χ2v) is 9.38. The first-order valence-electron chi connectivity index (χ1n) is 11.1. The average Bonchev–Trinajstić information content (AvgIpc) is 3.32. The summed E-state index contributed by atoms with van der Waals surface area (Å²) in [5.74, 6) is 0.404. The predicted molar refractivity (Wildman–Crippen MR) is 144 cm³/mol. The number of carbonyl (C=O) groups excluding carboxylic acids is 1. The molecule has 11 nitrogen and oxygen atoms in total. The van der Waals surface area contributed by atoms with E-state index in [0.29, 0.717) is 38.8 Å². The lowest BCUT2D eigenvalue weighted by Gasteiger charge is -2.09. The highest BCUT2D eigenvalue weighted by molar-refractivity contribution is 7.99. The number of benzene rings is 2. The van der Waals surface area contributed by atoms with Crippen molar-refractivity contribution in [2.75, 3.05) is 6.61 Å². The van der Waals surface area contributed by atoms with Crippen LogP contribution in [0.15, 0.2) is 76.1 Å². The van der Waals surface area contributed by atoms with Crippen molar-refractivity contribution in [1.29, 1.82) is 0 Å². The SMILES string of the molecule is CCn1c(Sc2ccc([N+](=O)[O-])cc2/C=N\NC(=O)COc2ccc(Cl)cc2Cl)nnc1-c1ccncc1. The van der Waals surface area contributed by atoms with Gasteiger partial charge < -0.3 is 9.30 Å². The van der Waals surface area contributed by atoms with E-state index in [9.17, 15) is 14.9 Å². The van der Waals surface area contributed by atoms with Gasteiger partial charge in [0.25, 0.3) is 11.6 Å². The van der Waals surface area contributed by atoms with Crippen molar-refractivity contribution in [3.8, 4) is 17.1 Å². The molecule has 0 saturated heterocycles. The van der Waals surface area contributed by atoms with Crippen LogP contribution in [0, 0.1) is 10.1 Å².